The number of aromatic amines is 1. The molecule has 1 unspecified atom stereocenters. The molecule has 1 aliphatic rings. The van der Waals surface area contributed by atoms with Crippen LogP contribution in [0.3, 0.4) is 0 Å². The fourth-order valence-electron chi connectivity index (χ4n) is 3.48. The van der Waals surface area contributed by atoms with Gasteiger partial charge in [-0.1, -0.05) is 24.6 Å². The SMILES string of the molecule is CC1CCc2c(sc3[nH]c(=O)c(C(=O)Nc4cccc(Cl)c4F)c(O)c23)C1. The number of H-pyrrole nitrogens is 1. The number of carbonyl (C=O) groups is 1. The summed E-state index contributed by atoms with van der Waals surface area (Å²) in [5.74, 6) is -1.51. The first-order valence-electron chi connectivity index (χ1n) is 8.51. The second-order valence-electron chi connectivity index (χ2n) is 6.79. The second kappa shape index (κ2) is 6.65. The zero-order valence-corrected chi connectivity index (χ0v) is 15.9. The number of amides is 1. The Balaban J connectivity index is 1.81. The highest BCUT2D eigenvalue weighted by atomic mass is 35.5. The third-order valence-electron chi connectivity index (χ3n) is 4.87. The maximum atomic E-state index is 14.1. The average molecular weight is 407 g/mol. The Bertz CT molecular complexity index is 1140. The van der Waals surface area contributed by atoms with Gasteiger partial charge in [0.15, 0.2) is 5.82 Å². The van der Waals surface area contributed by atoms with Crippen molar-refractivity contribution in [2.75, 3.05) is 5.32 Å². The first kappa shape index (κ1) is 18.0. The lowest BCUT2D eigenvalue weighted by Crippen LogP contribution is -2.23. The van der Waals surface area contributed by atoms with Crippen molar-refractivity contribution in [2.24, 2.45) is 5.92 Å². The Kier molecular flexibility index (Phi) is 4.44. The summed E-state index contributed by atoms with van der Waals surface area (Å²) in [5.41, 5.74) is -0.329. The number of aromatic nitrogens is 1. The molecule has 1 amide bonds. The van der Waals surface area contributed by atoms with Crippen molar-refractivity contribution in [1.82, 2.24) is 4.98 Å². The number of carbonyl (C=O) groups excluding carboxylic acids is 1. The van der Waals surface area contributed by atoms with Crippen LogP contribution in [0, 0.1) is 11.7 Å². The maximum absolute atomic E-state index is 14.1. The number of rotatable bonds is 2. The molecular formula is C19H16ClFN2O3S. The minimum atomic E-state index is -0.888. The second-order valence-corrected chi connectivity index (χ2v) is 8.30. The largest absolute Gasteiger partial charge is 0.506 e. The van der Waals surface area contributed by atoms with Gasteiger partial charge in [-0.05, 0) is 42.9 Å². The molecule has 5 nitrogen and oxygen atoms in total. The number of aromatic hydroxyl groups is 1. The van der Waals surface area contributed by atoms with E-state index in [1.807, 2.05) is 0 Å². The maximum Gasteiger partial charge on any atom is 0.265 e. The average Bonchev–Trinajstić information content (AvgIpc) is 2.96. The molecule has 27 heavy (non-hydrogen) atoms. The molecule has 0 radical (unpaired) electrons. The number of thiophene rings is 1. The molecule has 1 aliphatic carbocycles. The van der Waals surface area contributed by atoms with Crippen LogP contribution in [0.1, 0.15) is 34.1 Å². The van der Waals surface area contributed by atoms with E-state index in [1.54, 1.807) is 0 Å². The Labute approximate surface area is 162 Å². The first-order valence-corrected chi connectivity index (χ1v) is 9.71. The molecule has 1 atom stereocenters. The lowest BCUT2D eigenvalue weighted by Gasteiger charge is -2.18. The van der Waals surface area contributed by atoms with Crippen molar-refractivity contribution in [3.05, 3.63) is 55.4 Å². The van der Waals surface area contributed by atoms with Crippen LogP contribution < -0.4 is 10.9 Å². The highest BCUT2D eigenvalue weighted by Gasteiger charge is 2.27. The summed E-state index contributed by atoms with van der Waals surface area (Å²) in [6.45, 7) is 2.16. The van der Waals surface area contributed by atoms with Gasteiger partial charge < -0.3 is 15.4 Å². The van der Waals surface area contributed by atoms with Crippen molar-refractivity contribution in [2.45, 2.75) is 26.2 Å². The number of pyridine rings is 1. The van der Waals surface area contributed by atoms with Gasteiger partial charge in [-0.15, -0.1) is 11.3 Å². The van der Waals surface area contributed by atoms with Gasteiger partial charge in [0.1, 0.15) is 16.1 Å². The number of hydrogen-bond donors (Lipinski definition) is 3. The van der Waals surface area contributed by atoms with Crippen LogP contribution >= 0.6 is 22.9 Å². The van der Waals surface area contributed by atoms with Crippen molar-refractivity contribution in [3.8, 4) is 5.75 Å². The summed E-state index contributed by atoms with van der Waals surface area (Å²) in [7, 11) is 0. The lowest BCUT2D eigenvalue weighted by molar-refractivity contribution is 0.102. The fraction of sp³-hybridized carbons (Fsp3) is 0.263. The van der Waals surface area contributed by atoms with E-state index >= 15 is 0 Å². The summed E-state index contributed by atoms with van der Waals surface area (Å²) in [4.78, 5) is 29.4. The van der Waals surface area contributed by atoms with Gasteiger partial charge in [0, 0.05) is 4.88 Å². The smallest absolute Gasteiger partial charge is 0.265 e. The number of benzene rings is 1. The van der Waals surface area contributed by atoms with E-state index in [4.69, 9.17) is 11.6 Å². The van der Waals surface area contributed by atoms with E-state index in [0.717, 1.165) is 29.7 Å². The molecule has 2 aromatic heterocycles. The molecule has 0 saturated heterocycles. The molecule has 0 bridgehead atoms. The third-order valence-corrected chi connectivity index (χ3v) is 6.33. The molecule has 0 spiro atoms. The molecule has 0 saturated carbocycles. The van der Waals surface area contributed by atoms with E-state index in [1.165, 1.54) is 29.5 Å². The number of anilines is 1. The number of aryl methyl sites for hydroxylation is 1. The van der Waals surface area contributed by atoms with Gasteiger partial charge in [-0.2, -0.15) is 0 Å². The van der Waals surface area contributed by atoms with Crippen molar-refractivity contribution in [3.63, 3.8) is 0 Å². The van der Waals surface area contributed by atoms with Gasteiger partial charge in [0.2, 0.25) is 0 Å². The zero-order chi connectivity index (χ0) is 19.3. The van der Waals surface area contributed by atoms with Gasteiger partial charge in [0.25, 0.3) is 11.5 Å². The minimum absolute atomic E-state index is 0.151. The van der Waals surface area contributed by atoms with Gasteiger partial charge in [-0.25, -0.2) is 4.39 Å². The first-order chi connectivity index (χ1) is 12.9. The lowest BCUT2D eigenvalue weighted by atomic mass is 9.89. The minimum Gasteiger partial charge on any atom is -0.506 e. The van der Waals surface area contributed by atoms with Gasteiger partial charge in [-0.3, -0.25) is 9.59 Å². The predicted octanol–water partition coefficient (Wildman–Crippen LogP) is 4.46. The molecule has 3 aromatic rings. The summed E-state index contributed by atoms with van der Waals surface area (Å²) in [5, 5.41) is 13.4. The Morgan fingerprint density at radius 3 is 3.00 bits per heavy atom. The highest BCUT2D eigenvalue weighted by molar-refractivity contribution is 7.18. The van der Waals surface area contributed by atoms with Crippen molar-refractivity contribution >= 4 is 44.7 Å². The fourth-order valence-corrected chi connectivity index (χ4v) is 5.07. The zero-order valence-electron chi connectivity index (χ0n) is 14.4. The molecule has 0 fully saturated rings. The Morgan fingerprint density at radius 1 is 1.44 bits per heavy atom. The summed E-state index contributed by atoms with van der Waals surface area (Å²) < 4.78 is 14.1. The van der Waals surface area contributed by atoms with Gasteiger partial charge >= 0.3 is 0 Å². The number of fused-ring (bicyclic) bond motifs is 3. The monoisotopic (exact) mass is 406 g/mol. The van der Waals surface area contributed by atoms with E-state index in [2.05, 4.69) is 17.2 Å². The molecule has 3 N–H and O–H groups in total. The van der Waals surface area contributed by atoms with Crippen molar-refractivity contribution in [1.29, 1.82) is 0 Å². The van der Waals surface area contributed by atoms with Crippen LogP contribution in [-0.4, -0.2) is 16.0 Å². The summed E-state index contributed by atoms with van der Waals surface area (Å²) in [6.07, 6.45) is 2.64. The van der Waals surface area contributed by atoms with Crippen LogP contribution in [0.5, 0.6) is 5.75 Å². The van der Waals surface area contributed by atoms with E-state index < -0.39 is 22.8 Å². The molecule has 8 heteroatoms. The molecule has 140 valence electrons. The standard InChI is InChI=1S/C19H16ClFN2O3S/c1-8-5-6-9-12(7-8)27-19-13(9)16(24)14(18(26)23-19)17(25)22-11-4-2-3-10(20)15(11)21/h2-4,8H,5-7H2,1H3,(H,22,25)(H2,23,24,26). The van der Waals surface area contributed by atoms with Crippen molar-refractivity contribution < 1.29 is 14.3 Å². The van der Waals surface area contributed by atoms with Crippen LogP contribution in [-0.2, 0) is 12.8 Å². The summed E-state index contributed by atoms with van der Waals surface area (Å²) >= 11 is 7.15. The Morgan fingerprint density at radius 2 is 2.22 bits per heavy atom. The van der Waals surface area contributed by atoms with Crippen LogP contribution in [0.2, 0.25) is 5.02 Å². The molecule has 4 rings (SSSR count). The topological polar surface area (TPSA) is 82.2 Å². The third kappa shape index (κ3) is 3.00. The molecular weight excluding hydrogens is 391 g/mol. The number of halogens is 2. The molecule has 0 aliphatic heterocycles. The summed E-state index contributed by atoms with van der Waals surface area (Å²) in [6, 6.07) is 4.16. The van der Waals surface area contributed by atoms with E-state index in [9.17, 15) is 19.1 Å². The van der Waals surface area contributed by atoms with Crippen LogP contribution in [0.4, 0.5) is 10.1 Å². The van der Waals surface area contributed by atoms with Gasteiger partial charge in [0.05, 0.1) is 16.1 Å². The number of nitrogens with one attached hydrogen (secondary N) is 2. The van der Waals surface area contributed by atoms with Crippen LogP contribution in [0.15, 0.2) is 23.0 Å². The van der Waals surface area contributed by atoms with Crippen LogP contribution in [0.25, 0.3) is 10.2 Å². The molecule has 1 aromatic carbocycles. The normalized spacial score (nSPS) is 16.3. The van der Waals surface area contributed by atoms with E-state index in [-0.39, 0.29) is 16.5 Å². The predicted molar refractivity (Wildman–Crippen MR) is 105 cm³/mol. The van der Waals surface area contributed by atoms with E-state index in [0.29, 0.717) is 16.1 Å². The quantitative estimate of drug-likeness (QED) is 0.587. The highest BCUT2D eigenvalue weighted by Crippen LogP contribution is 2.41. The Hall–Kier alpha value is -2.38. The number of hydrogen-bond acceptors (Lipinski definition) is 4. The molecule has 2 heterocycles.